The highest BCUT2D eigenvalue weighted by atomic mass is 35.5. The number of rotatable bonds is 9. The van der Waals surface area contributed by atoms with Crippen molar-refractivity contribution in [2.75, 3.05) is 10.8 Å². The first kappa shape index (κ1) is 31.5. The Morgan fingerprint density at radius 2 is 1.60 bits per heavy atom. The third kappa shape index (κ3) is 7.99. The number of aryl methyl sites for hydroxylation is 2. The molecule has 3 aromatic rings. The minimum atomic E-state index is -4.18. The topological polar surface area (TPSA) is 86.8 Å². The predicted octanol–water partition coefficient (Wildman–Crippen LogP) is 6.14. The van der Waals surface area contributed by atoms with E-state index in [1.54, 1.807) is 62.4 Å². The van der Waals surface area contributed by atoms with E-state index in [-0.39, 0.29) is 23.0 Å². The monoisotopic (exact) mass is 603 g/mol. The molecule has 0 spiro atoms. The van der Waals surface area contributed by atoms with Gasteiger partial charge in [0.1, 0.15) is 12.6 Å². The maximum Gasteiger partial charge on any atom is 0.264 e. The zero-order valence-corrected chi connectivity index (χ0v) is 25.9. The van der Waals surface area contributed by atoms with Crippen LogP contribution in [0.1, 0.15) is 44.4 Å². The van der Waals surface area contributed by atoms with Gasteiger partial charge < -0.3 is 10.2 Å². The lowest BCUT2D eigenvalue weighted by Crippen LogP contribution is -2.54. The summed E-state index contributed by atoms with van der Waals surface area (Å²) >= 11 is 12.6. The molecule has 0 unspecified atom stereocenters. The van der Waals surface area contributed by atoms with Gasteiger partial charge in [-0.05, 0) is 89.1 Å². The molecule has 0 saturated carbocycles. The predicted molar refractivity (Wildman–Crippen MR) is 161 cm³/mol. The zero-order chi connectivity index (χ0) is 29.8. The molecule has 0 aliphatic rings. The van der Waals surface area contributed by atoms with Crippen LogP contribution in [0.3, 0.4) is 0 Å². The maximum absolute atomic E-state index is 14.0. The van der Waals surface area contributed by atoms with Crippen molar-refractivity contribution in [3.8, 4) is 0 Å². The Labute approximate surface area is 247 Å². The molecule has 40 heavy (non-hydrogen) atoms. The lowest BCUT2D eigenvalue weighted by molar-refractivity contribution is -0.140. The average molecular weight is 605 g/mol. The maximum atomic E-state index is 14.0. The number of hydrogen-bond acceptors (Lipinski definition) is 4. The number of nitrogens with zero attached hydrogens (tertiary/aromatic N) is 2. The number of nitrogens with one attached hydrogen (secondary N) is 1. The van der Waals surface area contributed by atoms with Crippen LogP contribution in [-0.4, -0.2) is 43.3 Å². The summed E-state index contributed by atoms with van der Waals surface area (Å²) in [6, 6.07) is 17.3. The van der Waals surface area contributed by atoms with E-state index < -0.39 is 34.1 Å². The first-order valence-corrected chi connectivity index (χ1v) is 15.0. The first-order chi connectivity index (χ1) is 18.6. The van der Waals surface area contributed by atoms with Gasteiger partial charge in [0.05, 0.1) is 10.6 Å². The number of benzene rings is 3. The van der Waals surface area contributed by atoms with E-state index in [1.807, 2.05) is 27.7 Å². The third-order valence-corrected chi connectivity index (χ3v) is 8.67. The summed E-state index contributed by atoms with van der Waals surface area (Å²) in [5.41, 5.74) is 2.06. The minimum Gasteiger partial charge on any atom is -0.350 e. The molecule has 3 aromatic carbocycles. The van der Waals surface area contributed by atoms with E-state index in [0.717, 1.165) is 15.4 Å². The van der Waals surface area contributed by atoms with E-state index in [0.29, 0.717) is 15.6 Å². The smallest absolute Gasteiger partial charge is 0.264 e. The lowest BCUT2D eigenvalue weighted by atomic mass is 10.1. The van der Waals surface area contributed by atoms with E-state index in [2.05, 4.69) is 5.32 Å². The van der Waals surface area contributed by atoms with Crippen LogP contribution in [0.4, 0.5) is 5.69 Å². The van der Waals surface area contributed by atoms with E-state index in [1.165, 1.54) is 23.1 Å². The lowest BCUT2D eigenvalue weighted by Gasteiger charge is -2.33. The van der Waals surface area contributed by atoms with Crippen molar-refractivity contribution in [1.29, 1.82) is 0 Å². The number of carbonyl (C=O) groups excluding carboxylic acids is 2. The normalized spacial score (nSPS) is 12.5. The highest BCUT2D eigenvalue weighted by Gasteiger charge is 2.33. The van der Waals surface area contributed by atoms with Gasteiger partial charge in [-0.2, -0.15) is 0 Å². The Bertz CT molecular complexity index is 1490. The second-order valence-electron chi connectivity index (χ2n) is 10.8. The quantitative estimate of drug-likeness (QED) is 0.318. The van der Waals surface area contributed by atoms with Crippen LogP contribution in [0.15, 0.2) is 71.6 Å². The molecule has 214 valence electrons. The summed E-state index contributed by atoms with van der Waals surface area (Å²) < 4.78 is 28.8. The molecule has 0 aliphatic heterocycles. The third-order valence-electron chi connectivity index (χ3n) is 6.24. The molecular formula is C30H35Cl2N3O4S. The van der Waals surface area contributed by atoms with Crippen LogP contribution < -0.4 is 9.62 Å². The molecule has 0 bridgehead atoms. The molecule has 3 rings (SSSR count). The van der Waals surface area contributed by atoms with E-state index in [9.17, 15) is 18.0 Å². The van der Waals surface area contributed by atoms with Gasteiger partial charge in [-0.15, -0.1) is 0 Å². The summed E-state index contributed by atoms with van der Waals surface area (Å²) in [7, 11) is -4.18. The Morgan fingerprint density at radius 3 is 2.17 bits per heavy atom. The van der Waals surface area contributed by atoms with Crippen LogP contribution in [0.2, 0.25) is 10.0 Å². The minimum absolute atomic E-state index is 0.0301. The molecule has 2 amide bonds. The molecule has 0 fully saturated rings. The van der Waals surface area contributed by atoms with Crippen molar-refractivity contribution in [3.63, 3.8) is 0 Å². The number of halogens is 2. The SMILES string of the molecule is Cc1ccc(S(=O)(=O)N(CC(=O)N(Cc2cccc(Cl)c2)[C@H](C)C(=O)NC(C)(C)C)c2ccc(C)c(Cl)c2)cc1. The van der Waals surface area contributed by atoms with Crippen LogP contribution >= 0.6 is 23.2 Å². The largest absolute Gasteiger partial charge is 0.350 e. The number of hydrogen-bond donors (Lipinski definition) is 1. The number of sulfonamides is 1. The van der Waals surface area contributed by atoms with Crippen LogP contribution in [0, 0.1) is 13.8 Å². The molecule has 1 atom stereocenters. The van der Waals surface area contributed by atoms with Crippen molar-refractivity contribution < 1.29 is 18.0 Å². The zero-order valence-electron chi connectivity index (χ0n) is 23.5. The van der Waals surface area contributed by atoms with Gasteiger partial charge in [0, 0.05) is 22.1 Å². The van der Waals surface area contributed by atoms with E-state index >= 15 is 0 Å². The van der Waals surface area contributed by atoms with Gasteiger partial charge >= 0.3 is 0 Å². The molecule has 10 heteroatoms. The molecule has 0 saturated heterocycles. The summed E-state index contributed by atoms with van der Waals surface area (Å²) in [4.78, 5) is 28.5. The van der Waals surface area contributed by atoms with Gasteiger partial charge in [-0.25, -0.2) is 8.42 Å². The molecule has 0 aliphatic carbocycles. The molecule has 1 N–H and O–H groups in total. The Hall–Kier alpha value is -3.07. The molecule has 7 nitrogen and oxygen atoms in total. The number of anilines is 1. The average Bonchev–Trinajstić information content (AvgIpc) is 2.86. The fourth-order valence-corrected chi connectivity index (χ4v) is 5.79. The summed E-state index contributed by atoms with van der Waals surface area (Å²) in [6.07, 6.45) is 0. The van der Waals surface area contributed by atoms with Gasteiger partial charge in [-0.1, -0.05) is 59.1 Å². The number of carbonyl (C=O) groups is 2. The fraction of sp³-hybridized carbons (Fsp3) is 0.333. The van der Waals surface area contributed by atoms with Gasteiger partial charge in [0.25, 0.3) is 10.0 Å². The standard InChI is InChI=1S/C30H35Cl2N3O4S/c1-20-10-14-26(15-11-20)40(38,39)35(25-13-12-21(2)27(32)17-25)19-28(36)34(18-23-8-7-9-24(31)16-23)22(3)29(37)33-30(4,5)6/h7-17,22H,18-19H2,1-6H3,(H,33,37)/t22-/m1/s1. The highest BCUT2D eigenvalue weighted by molar-refractivity contribution is 7.92. The van der Waals surface area contributed by atoms with Gasteiger partial charge in [0.2, 0.25) is 11.8 Å². The van der Waals surface area contributed by atoms with Crippen molar-refractivity contribution >= 4 is 50.7 Å². The number of amides is 2. The first-order valence-electron chi connectivity index (χ1n) is 12.8. The van der Waals surface area contributed by atoms with Gasteiger partial charge in [0.15, 0.2) is 0 Å². The van der Waals surface area contributed by atoms with Crippen molar-refractivity contribution in [2.24, 2.45) is 0 Å². The Morgan fingerprint density at radius 1 is 0.950 bits per heavy atom. The van der Waals surface area contributed by atoms with Crippen molar-refractivity contribution in [1.82, 2.24) is 10.2 Å². The van der Waals surface area contributed by atoms with Crippen LogP contribution in [-0.2, 0) is 26.2 Å². The molecule has 0 radical (unpaired) electrons. The second kappa shape index (κ2) is 12.6. The van der Waals surface area contributed by atoms with Crippen molar-refractivity contribution in [3.05, 3.63) is 93.5 Å². The molecular weight excluding hydrogens is 569 g/mol. The van der Waals surface area contributed by atoms with Crippen molar-refractivity contribution in [2.45, 2.75) is 64.6 Å². The van der Waals surface area contributed by atoms with Crippen LogP contribution in [0.25, 0.3) is 0 Å². The Balaban J connectivity index is 2.07. The van der Waals surface area contributed by atoms with Gasteiger partial charge in [-0.3, -0.25) is 13.9 Å². The summed E-state index contributed by atoms with van der Waals surface area (Å²) in [6.45, 7) is 10.3. The molecule has 0 aromatic heterocycles. The van der Waals surface area contributed by atoms with E-state index in [4.69, 9.17) is 23.2 Å². The second-order valence-corrected chi connectivity index (χ2v) is 13.5. The van der Waals surface area contributed by atoms with Crippen LogP contribution in [0.5, 0.6) is 0 Å². The summed E-state index contributed by atoms with van der Waals surface area (Å²) in [5.74, 6) is -0.932. The highest BCUT2D eigenvalue weighted by Crippen LogP contribution is 2.29. The fourth-order valence-electron chi connectivity index (χ4n) is 3.99. The Kier molecular flexibility index (Phi) is 9.93. The summed E-state index contributed by atoms with van der Waals surface area (Å²) in [5, 5.41) is 3.75. The molecule has 0 heterocycles.